The number of hydrogen-bond acceptors (Lipinski definition) is 7. The SMILES string of the molecule is CCOc1ccc(S(=O)(=O)N(C)c2ccc(OCC(=O)Nc3ccc4c(c3)OCO4)cc2)cc1. The first-order valence-electron chi connectivity index (χ1n) is 10.5. The Bertz CT molecular complexity index is 1260. The molecule has 0 unspecified atom stereocenters. The highest BCUT2D eigenvalue weighted by Crippen LogP contribution is 2.34. The summed E-state index contributed by atoms with van der Waals surface area (Å²) in [5.41, 5.74) is 1.01. The Morgan fingerprint density at radius 3 is 2.29 bits per heavy atom. The summed E-state index contributed by atoms with van der Waals surface area (Å²) in [6.07, 6.45) is 0. The molecule has 0 fully saturated rings. The molecule has 0 aliphatic carbocycles. The van der Waals surface area contributed by atoms with Crippen LogP contribution in [0.15, 0.2) is 71.6 Å². The Morgan fingerprint density at radius 2 is 1.59 bits per heavy atom. The zero-order valence-corrected chi connectivity index (χ0v) is 19.5. The number of nitrogens with zero attached hydrogens (tertiary/aromatic N) is 1. The number of anilines is 2. The van der Waals surface area contributed by atoms with Crippen LogP contribution in [0.4, 0.5) is 11.4 Å². The highest BCUT2D eigenvalue weighted by Gasteiger charge is 2.21. The number of fused-ring (bicyclic) bond motifs is 1. The summed E-state index contributed by atoms with van der Waals surface area (Å²) in [5.74, 6) is 1.88. The first kappa shape index (κ1) is 23.2. The molecule has 3 aromatic carbocycles. The zero-order chi connectivity index (χ0) is 24.1. The van der Waals surface area contributed by atoms with Gasteiger partial charge in [-0.2, -0.15) is 0 Å². The van der Waals surface area contributed by atoms with E-state index in [0.29, 0.717) is 41.0 Å². The maximum atomic E-state index is 12.9. The van der Waals surface area contributed by atoms with E-state index in [9.17, 15) is 13.2 Å². The van der Waals surface area contributed by atoms with Gasteiger partial charge in [-0.05, 0) is 67.6 Å². The monoisotopic (exact) mass is 484 g/mol. The van der Waals surface area contributed by atoms with Crippen molar-refractivity contribution in [2.24, 2.45) is 0 Å². The molecule has 178 valence electrons. The summed E-state index contributed by atoms with van der Waals surface area (Å²) < 4.78 is 48.5. The predicted molar refractivity (Wildman–Crippen MR) is 126 cm³/mol. The standard InChI is InChI=1S/C24H24N2O7S/c1-3-30-19-9-11-21(12-10-19)34(28,29)26(2)18-5-7-20(8-6-18)31-15-24(27)25-17-4-13-22-23(14-17)33-16-32-22/h4-14H,3,15-16H2,1-2H3,(H,25,27). The molecule has 9 nitrogen and oxygen atoms in total. The number of hydrogen-bond donors (Lipinski definition) is 1. The van der Waals surface area contributed by atoms with Gasteiger partial charge in [-0.3, -0.25) is 9.10 Å². The quantitative estimate of drug-likeness (QED) is 0.494. The lowest BCUT2D eigenvalue weighted by Crippen LogP contribution is -2.26. The van der Waals surface area contributed by atoms with Gasteiger partial charge in [0.1, 0.15) is 11.5 Å². The molecule has 1 aliphatic rings. The van der Waals surface area contributed by atoms with Crippen molar-refractivity contribution in [3.63, 3.8) is 0 Å². The number of benzene rings is 3. The minimum absolute atomic E-state index is 0.152. The summed E-state index contributed by atoms with van der Waals surface area (Å²) in [7, 11) is -2.27. The van der Waals surface area contributed by atoms with Crippen molar-refractivity contribution < 1.29 is 32.2 Å². The van der Waals surface area contributed by atoms with Gasteiger partial charge in [-0.1, -0.05) is 0 Å². The van der Waals surface area contributed by atoms with Crippen LogP contribution in [0.2, 0.25) is 0 Å². The highest BCUT2D eigenvalue weighted by molar-refractivity contribution is 7.92. The average Bonchev–Trinajstić information content (AvgIpc) is 3.31. The number of carbonyl (C=O) groups is 1. The van der Waals surface area contributed by atoms with Crippen LogP contribution in [0.5, 0.6) is 23.0 Å². The Kier molecular flexibility index (Phi) is 6.78. The van der Waals surface area contributed by atoms with E-state index in [0.717, 1.165) is 0 Å². The molecule has 34 heavy (non-hydrogen) atoms. The topological polar surface area (TPSA) is 103 Å². The molecule has 0 saturated carbocycles. The lowest BCUT2D eigenvalue weighted by atomic mass is 10.3. The smallest absolute Gasteiger partial charge is 0.264 e. The Morgan fingerprint density at radius 1 is 0.941 bits per heavy atom. The molecule has 4 rings (SSSR count). The second-order valence-electron chi connectivity index (χ2n) is 7.28. The molecule has 10 heteroatoms. The molecule has 1 amide bonds. The molecule has 1 heterocycles. The number of ether oxygens (including phenoxy) is 4. The minimum Gasteiger partial charge on any atom is -0.494 e. The van der Waals surface area contributed by atoms with Gasteiger partial charge in [0.25, 0.3) is 15.9 Å². The fourth-order valence-electron chi connectivity index (χ4n) is 3.24. The van der Waals surface area contributed by atoms with Gasteiger partial charge in [0.2, 0.25) is 6.79 Å². The lowest BCUT2D eigenvalue weighted by molar-refractivity contribution is -0.118. The molecule has 0 saturated heterocycles. The molecule has 0 bridgehead atoms. The van der Waals surface area contributed by atoms with E-state index < -0.39 is 10.0 Å². The van der Waals surface area contributed by atoms with Crippen LogP contribution >= 0.6 is 0 Å². The Balaban J connectivity index is 1.34. The average molecular weight is 485 g/mol. The van der Waals surface area contributed by atoms with Crippen LogP contribution in [0, 0.1) is 0 Å². The number of rotatable bonds is 9. The molecule has 1 aliphatic heterocycles. The molecular formula is C24H24N2O7S. The van der Waals surface area contributed by atoms with E-state index in [1.807, 2.05) is 6.92 Å². The van der Waals surface area contributed by atoms with Gasteiger partial charge in [0.05, 0.1) is 17.2 Å². The maximum Gasteiger partial charge on any atom is 0.264 e. The van der Waals surface area contributed by atoms with Gasteiger partial charge in [0, 0.05) is 18.8 Å². The molecule has 1 N–H and O–H groups in total. The van der Waals surface area contributed by atoms with Crippen LogP contribution in [0.3, 0.4) is 0 Å². The summed E-state index contributed by atoms with van der Waals surface area (Å²) in [5, 5.41) is 2.73. The van der Waals surface area contributed by atoms with Crippen molar-refractivity contribution in [1.29, 1.82) is 0 Å². The molecule has 3 aromatic rings. The Hall–Kier alpha value is -3.92. The molecule has 0 spiro atoms. The van der Waals surface area contributed by atoms with E-state index >= 15 is 0 Å². The molecule has 0 aromatic heterocycles. The third kappa shape index (κ3) is 5.18. The van der Waals surface area contributed by atoms with Gasteiger partial charge in [0.15, 0.2) is 18.1 Å². The van der Waals surface area contributed by atoms with Crippen molar-refractivity contribution in [2.75, 3.05) is 36.7 Å². The normalized spacial score (nSPS) is 12.2. The van der Waals surface area contributed by atoms with Gasteiger partial charge < -0.3 is 24.3 Å². The van der Waals surface area contributed by atoms with E-state index in [1.165, 1.54) is 23.5 Å². The summed E-state index contributed by atoms with van der Waals surface area (Å²) in [6.45, 7) is 2.30. The fraction of sp³-hybridized carbons (Fsp3) is 0.208. The number of carbonyl (C=O) groups excluding carboxylic acids is 1. The van der Waals surface area contributed by atoms with Crippen molar-refractivity contribution in [3.8, 4) is 23.0 Å². The van der Waals surface area contributed by atoms with Crippen LogP contribution in [0.25, 0.3) is 0 Å². The first-order valence-corrected chi connectivity index (χ1v) is 11.9. The van der Waals surface area contributed by atoms with E-state index in [4.69, 9.17) is 18.9 Å². The molecule has 0 radical (unpaired) electrons. The lowest BCUT2D eigenvalue weighted by Gasteiger charge is -2.20. The van der Waals surface area contributed by atoms with Gasteiger partial charge in [-0.15, -0.1) is 0 Å². The minimum atomic E-state index is -3.75. The van der Waals surface area contributed by atoms with Gasteiger partial charge >= 0.3 is 0 Å². The van der Waals surface area contributed by atoms with Crippen molar-refractivity contribution in [2.45, 2.75) is 11.8 Å². The summed E-state index contributed by atoms with van der Waals surface area (Å²) >= 11 is 0. The second-order valence-corrected chi connectivity index (χ2v) is 9.25. The molecule has 0 atom stereocenters. The summed E-state index contributed by atoms with van der Waals surface area (Å²) in [6, 6.07) is 17.8. The number of nitrogens with one attached hydrogen (secondary N) is 1. The molecular weight excluding hydrogens is 460 g/mol. The number of amides is 1. The van der Waals surface area contributed by atoms with Crippen molar-refractivity contribution in [3.05, 3.63) is 66.7 Å². The van der Waals surface area contributed by atoms with Gasteiger partial charge in [-0.25, -0.2) is 8.42 Å². The third-order valence-corrected chi connectivity index (χ3v) is 6.82. The summed E-state index contributed by atoms with van der Waals surface area (Å²) in [4.78, 5) is 12.4. The highest BCUT2D eigenvalue weighted by atomic mass is 32.2. The fourth-order valence-corrected chi connectivity index (χ4v) is 4.44. The predicted octanol–water partition coefficient (Wildman–Crippen LogP) is 3.66. The van der Waals surface area contributed by atoms with Crippen LogP contribution < -0.4 is 28.6 Å². The van der Waals surface area contributed by atoms with E-state index in [2.05, 4.69) is 5.32 Å². The second kappa shape index (κ2) is 9.92. The van der Waals surface area contributed by atoms with Crippen LogP contribution in [0.1, 0.15) is 6.92 Å². The van der Waals surface area contributed by atoms with Crippen LogP contribution in [-0.2, 0) is 14.8 Å². The van der Waals surface area contributed by atoms with Crippen molar-refractivity contribution in [1.82, 2.24) is 0 Å². The maximum absolute atomic E-state index is 12.9. The van der Waals surface area contributed by atoms with E-state index in [1.54, 1.807) is 54.6 Å². The van der Waals surface area contributed by atoms with E-state index in [-0.39, 0.29) is 24.2 Å². The largest absolute Gasteiger partial charge is 0.494 e. The first-order chi connectivity index (χ1) is 16.4. The Labute approximate surface area is 197 Å². The zero-order valence-electron chi connectivity index (χ0n) is 18.7. The van der Waals surface area contributed by atoms with Crippen molar-refractivity contribution >= 4 is 27.3 Å². The van der Waals surface area contributed by atoms with Crippen LogP contribution in [-0.4, -0.2) is 41.4 Å². The number of sulfonamides is 1. The third-order valence-electron chi connectivity index (χ3n) is 5.02.